The fourth-order valence-corrected chi connectivity index (χ4v) is 2.87. The maximum atomic E-state index is 12.2. The molecular formula is C22H23N3O. The lowest BCUT2D eigenvalue weighted by atomic mass is 10.1. The predicted molar refractivity (Wildman–Crippen MR) is 105 cm³/mol. The Labute approximate surface area is 154 Å². The number of benzene rings is 2. The number of hydrogen-bond donors (Lipinski definition) is 1. The van der Waals surface area contributed by atoms with Crippen molar-refractivity contribution in [2.24, 2.45) is 0 Å². The fraction of sp³-hybridized carbons (Fsp3) is 0.182. The number of nitrogens with one attached hydrogen (secondary N) is 1. The Morgan fingerprint density at radius 1 is 1.15 bits per heavy atom. The first-order valence-corrected chi connectivity index (χ1v) is 8.67. The summed E-state index contributed by atoms with van der Waals surface area (Å²) in [5.74, 6) is -0.101. The van der Waals surface area contributed by atoms with Gasteiger partial charge in [-0.3, -0.25) is 4.79 Å². The van der Waals surface area contributed by atoms with Crippen LogP contribution in [0.5, 0.6) is 0 Å². The van der Waals surface area contributed by atoms with E-state index >= 15 is 0 Å². The van der Waals surface area contributed by atoms with Crippen LogP contribution in [0.4, 0.5) is 0 Å². The Hall–Kier alpha value is -3.14. The minimum Gasteiger partial charge on any atom is -0.346 e. The molecule has 0 aliphatic heterocycles. The van der Waals surface area contributed by atoms with Gasteiger partial charge in [-0.05, 0) is 55.7 Å². The summed E-state index contributed by atoms with van der Waals surface area (Å²) in [6, 6.07) is 14.2. The Kier molecular flexibility index (Phi) is 5.32. The molecule has 1 heterocycles. The van der Waals surface area contributed by atoms with Crippen LogP contribution in [-0.2, 0) is 4.79 Å². The minimum atomic E-state index is -0.101. The molecule has 0 saturated carbocycles. The SMILES string of the molecule is Cc1ccc(C=CC(=O)NC(C)c2ccc(-n3ccnc3)cc2)c(C)c1. The van der Waals surface area contributed by atoms with Gasteiger partial charge in [0, 0.05) is 24.2 Å². The molecule has 132 valence electrons. The van der Waals surface area contributed by atoms with Crippen molar-refractivity contribution in [1.82, 2.24) is 14.9 Å². The summed E-state index contributed by atoms with van der Waals surface area (Å²) >= 11 is 0. The molecule has 0 aliphatic rings. The molecule has 1 amide bonds. The Morgan fingerprint density at radius 3 is 2.58 bits per heavy atom. The van der Waals surface area contributed by atoms with Crippen LogP contribution in [0.1, 0.15) is 35.2 Å². The predicted octanol–water partition coefficient (Wildman–Crippen LogP) is 4.38. The van der Waals surface area contributed by atoms with Crippen LogP contribution in [-0.4, -0.2) is 15.5 Å². The summed E-state index contributed by atoms with van der Waals surface area (Å²) in [5, 5.41) is 3.01. The van der Waals surface area contributed by atoms with Crippen molar-refractivity contribution in [3.63, 3.8) is 0 Å². The van der Waals surface area contributed by atoms with Gasteiger partial charge in [-0.25, -0.2) is 4.98 Å². The number of imidazole rings is 1. The van der Waals surface area contributed by atoms with Crippen LogP contribution in [0.25, 0.3) is 11.8 Å². The highest BCUT2D eigenvalue weighted by atomic mass is 16.1. The average molecular weight is 345 g/mol. The van der Waals surface area contributed by atoms with E-state index in [0.717, 1.165) is 22.4 Å². The van der Waals surface area contributed by atoms with Gasteiger partial charge in [0.05, 0.1) is 12.4 Å². The first-order chi connectivity index (χ1) is 12.5. The van der Waals surface area contributed by atoms with Crippen LogP contribution in [0.15, 0.2) is 67.3 Å². The topological polar surface area (TPSA) is 46.9 Å². The number of rotatable bonds is 5. The highest BCUT2D eigenvalue weighted by Crippen LogP contribution is 2.16. The van der Waals surface area contributed by atoms with Crippen LogP contribution >= 0.6 is 0 Å². The third-order valence-electron chi connectivity index (χ3n) is 4.39. The maximum absolute atomic E-state index is 12.2. The number of carbonyl (C=O) groups excluding carboxylic acids is 1. The number of amides is 1. The van der Waals surface area contributed by atoms with E-state index in [0.29, 0.717) is 0 Å². The van der Waals surface area contributed by atoms with Crippen molar-refractivity contribution >= 4 is 12.0 Å². The summed E-state index contributed by atoms with van der Waals surface area (Å²) in [7, 11) is 0. The van der Waals surface area contributed by atoms with E-state index in [2.05, 4.69) is 36.3 Å². The Morgan fingerprint density at radius 2 is 1.92 bits per heavy atom. The van der Waals surface area contributed by atoms with E-state index in [1.807, 2.05) is 54.1 Å². The quantitative estimate of drug-likeness (QED) is 0.698. The van der Waals surface area contributed by atoms with Crippen LogP contribution in [0.3, 0.4) is 0 Å². The van der Waals surface area contributed by atoms with Crippen LogP contribution < -0.4 is 5.32 Å². The number of aromatic nitrogens is 2. The van der Waals surface area contributed by atoms with Crippen molar-refractivity contribution in [1.29, 1.82) is 0 Å². The molecule has 26 heavy (non-hydrogen) atoms. The second-order valence-corrected chi connectivity index (χ2v) is 6.49. The summed E-state index contributed by atoms with van der Waals surface area (Å²) in [6.45, 7) is 6.09. The van der Waals surface area contributed by atoms with Crippen molar-refractivity contribution in [2.45, 2.75) is 26.8 Å². The van der Waals surface area contributed by atoms with E-state index in [9.17, 15) is 4.79 Å². The van der Waals surface area contributed by atoms with E-state index in [1.165, 1.54) is 5.56 Å². The third-order valence-corrected chi connectivity index (χ3v) is 4.39. The molecule has 0 aliphatic carbocycles. The van der Waals surface area contributed by atoms with Gasteiger partial charge in [0.25, 0.3) is 0 Å². The molecule has 0 bridgehead atoms. The number of hydrogen-bond acceptors (Lipinski definition) is 2. The summed E-state index contributed by atoms with van der Waals surface area (Å²) < 4.78 is 1.94. The van der Waals surface area contributed by atoms with Gasteiger partial charge in [0.1, 0.15) is 0 Å². The van der Waals surface area contributed by atoms with Gasteiger partial charge in [-0.1, -0.05) is 35.9 Å². The molecule has 4 heteroatoms. The maximum Gasteiger partial charge on any atom is 0.244 e. The van der Waals surface area contributed by atoms with Gasteiger partial charge in [0.2, 0.25) is 5.91 Å². The molecule has 0 fully saturated rings. The van der Waals surface area contributed by atoms with Gasteiger partial charge in [-0.2, -0.15) is 0 Å². The van der Waals surface area contributed by atoms with Crippen molar-refractivity contribution in [3.8, 4) is 5.69 Å². The zero-order valence-corrected chi connectivity index (χ0v) is 15.3. The highest BCUT2D eigenvalue weighted by Gasteiger charge is 2.08. The molecule has 3 aromatic rings. The number of nitrogens with zero attached hydrogens (tertiary/aromatic N) is 2. The monoisotopic (exact) mass is 345 g/mol. The minimum absolute atomic E-state index is 0.0666. The number of aryl methyl sites for hydroxylation is 2. The number of carbonyl (C=O) groups is 1. The molecule has 3 rings (SSSR count). The lowest BCUT2D eigenvalue weighted by Gasteiger charge is -2.14. The first kappa shape index (κ1) is 17.7. The van der Waals surface area contributed by atoms with Crippen molar-refractivity contribution in [2.75, 3.05) is 0 Å². The lowest BCUT2D eigenvalue weighted by molar-refractivity contribution is -0.117. The first-order valence-electron chi connectivity index (χ1n) is 8.67. The fourth-order valence-electron chi connectivity index (χ4n) is 2.87. The largest absolute Gasteiger partial charge is 0.346 e. The summed E-state index contributed by atoms with van der Waals surface area (Å²) in [4.78, 5) is 16.3. The molecule has 1 N–H and O–H groups in total. The van der Waals surface area contributed by atoms with E-state index in [4.69, 9.17) is 0 Å². The standard InChI is InChI=1S/C22H23N3O/c1-16-4-5-19(17(2)14-16)8-11-22(26)24-18(3)20-6-9-21(10-7-20)25-13-12-23-15-25/h4-15,18H,1-3H3,(H,24,26). The Balaban J connectivity index is 1.62. The zero-order chi connectivity index (χ0) is 18.5. The summed E-state index contributed by atoms with van der Waals surface area (Å²) in [6.07, 6.45) is 8.86. The van der Waals surface area contributed by atoms with Crippen molar-refractivity contribution < 1.29 is 4.79 Å². The zero-order valence-electron chi connectivity index (χ0n) is 15.3. The van der Waals surface area contributed by atoms with Crippen LogP contribution in [0, 0.1) is 13.8 Å². The molecule has 4 nitrogen and oxygen atoms in total. The van der Waals surface area contributed by atoms with Crippen LogP contribution in [0.2, 0.25) is 0 Å². The van der Waals surface area contributed by atoms with E-state index in [1.54, 1.807) is 18.6 Å². The van der Waals surface area contributed by atoms with Gasteiger partial charge >= 0.3 is 0 Å². The van der Waals surface area contributed by atoms with Gasteiger partial charge in [0.15, 0.2) is 0 Å². The molecular weight excluding hydrogens is 322 g/mol. The van der Waals surface area contributed by atoms with Crippen molar-refractivity contribution in [3.05, 3.63) is 89.5 Å². The van der Waals surface area contributed by atoms with Gasteiger partial charge < -0.3 is 9.88 Å². The average Bonchev–Trinajstić information content (AvgIpc) is 3.16. The molecule has 0 spiro atoms. The normalized spacial score (nSPS) is 12.3. The lowest BCUT2D eigenvalue weighted by Crippen LogP contribution is -2.24. The third kappa shape index (κ3) is 4.28. The second-order valence-electron chi connectivity index (χ2n) is 6.49. The molecule has 2 aromatic carbocycles. The second kappa shape index (κ2) is 7.83. The molecule has 0 saturated heterocycles. The van der Waals surface area contributed by atoms with Gasteiger partial charge in [-0.15, -0.1) is 0 Å². The molecule has 1 atom stereocenters. The molecule has 1 unspecified atom stereocenters. The summed E-state index contributed by atoms with van der Waals surface area (Å²) in [5.41, 5.74) is 5.54. The smallest absolute Gasteiger partial charge is 0.244 e. The molecule has 0 radical (unpaired) electrons. The highest BCUT2D eigenvalue weighted by molar-refractivity contribution is 5.92. The van der Waals surface area contributed by atoms with E-state index < -0.39 is 0 Å². The molecule has 1 aromatic heterocycles. The van der Waals surface area contributed by atoms with E-state index in [-0.39, 0.29) is 11.9 Å². The Bertz CT molecular complexity index is 909.